The van der Waals surface area contributed by atoms with Gasteiger partial charge < -0.3 is 10.2 Å². The van der Waals surface area contributed by atoms with Gasteiger partial charge in [0.25, 0.3) is 0 Å². The number of carboxylic acids is 1. The average Bonchev–Trinajstić information content (AvgIpc) is 2.80. The summed E-state index contributed by atoms with van der Waals surface area (Å²) in [6.07, 6.45) is 4.99. The van der Waals surface area contributed by atoms with E-state index < -0.39 is 17.5 Å². The molecule has 1 atom stereocenters. The maximum Gasteiger partial charge on any atom is 0.333 e. The summed E-state index contributed by atoms with van der Waals surface area (Å²) in [6.45, 7) is 1.99. The van der Waals surface area contributed by atoms with Crippen LogP contribution in [-0.2, 0) is 4.79 Å². The van der Waals surface area contributed by atoms with Crippen molar-refractivity contribution in [3.63, 3.8) is 0 Å². The molecule has 3 heteroatoms. The molecule has 0 aliphatic heterocycles. The molecule has 68 valence electrons. The molecule has 1 aliphatic carbocycles. The monoisotopic (exact) mass is 170 g/mol. The van der Waals surface area contributed by atoms with Gasteiger partial charge in [0.05, 0.1) is 0 Å². The van der Waals surface area contributed by atoms with Crippen molar-refractivity contribution < 1.29 is 15.0 Å². The molecule has 12 heavy (non-hydrogen) atoms. The Balaban J connectivity index is 2.60. The van der Waals surface area contributed by atoms with Crippen LogP contribution >= 0.6 is 0 Å². The smallest absolute Gasteiger partial charge is 0.333 e. The molecule has 0 aromatic rings. The summed E-state index contributed by atoms with van der Waals surface area (Å²) in [5.41, 5.74) is -0.443. The molecule has 3 nitrogen and oxygen atoms in total. The molecule has 1 unspecified atom stereocenters. The van der Waals surface area contributed by atoms with E-state index in [-0.39, 0.29) is 0 Å². The fourth-order valence-electron chi connectivity index (χ4n) is 1.27. The number of hydrogen-bond acceptors (Lipinski definition) is 2. The van der Waals surface area contributed by atoms with Gasteiger partial charge in [-0.25, -0.2) is 4.79 Å². The lowest BCUT2D eigenvalue weighted by Crippen LogP contribution is -2.29. The fraction of sp³-hybridized carbons (Fsp3) is 0.667. The summed E-state index contributed by atoms with van der Waals surface area (Å²) in [6, 6.07) is 0. The third kappa shape index (κ3) is 1.67. The minimum Gasteiger partial charge on any atom is -0.479 e. The molecule has 1 saturated carbocycles. The Bertz CT molecular complexity index is 204. The van der Waals surface area contributed by atoms with Crippen LogP contribution in [0.5, 0.6) is 0 Å². The normalized spacial score (nSPS) is 22.5. The number of carbonyl (C=O) groups is 1. The number of aliphatic hydroxyl groups excluding tert-OH is 1. The first-order valence-electron chi connectivity index (χ1n) is 4.21. The maximum atomic E-state index is 10.5. The zero-order chi connectivity index (χ0) is 9.19. The highest BCUT2D eigenvalue weighted by Gasteiger charge is 2.49. The first-order chi connectivity index (χ1) is 5.62. The minimum atomic E-state index is -1.22. The van der Waals surface area contributed by atoms with Crippen molar-refractivity contribution >= 4 is 5.97 Å². The van der Waals surface area contributed by atoms with Crippen LogP contribution in [0.3, 0.4) is 0 Å². The topological polar surface area (TPSA) is 57.5 Å². The van der Waals surface area contributed by atoms with Gasteiger partial charge in [0.2, 0.25) is 0 Å². The molecule has 0 aromatic heterocycles. The summed E-state index contributed by atoms with van der Waals surface area (Å²) in [7, 11) is 0. The van der Waals surface area contributed by atoms with Crippen LogP contribution in [0.1, 0.15) is 26.2 Å². The predicted molar refractivity (Wildman–Crippen MR) is 44.7 cm³/mol. The van der Waals surface area contributed by atoms with Crippen LogP contribution < -0.4 is 0 Å². The average molecular weight is 170 g/mol. The SMILES string of the molecule is CC/C=C/C1(C(O)C(=O)O)CC1. The van der Waals surface area contributed by atoms with Crippen LogP contribution in [0, 0.1) is 5.41 Å². The molecule has 0 aromatic carbocycles. The van der Waals surface area contributed by atoms with E-state index in [0.29, 0.717) is 0 Å². The third-order valence-corrected chi connectivity index (χ3v) is 2.29. The van der Waals surface area contributed by atoms with Crippen molar-refractivity contribution in [3.8, 4) is 0 Å². The standard InChI is InChI=1S/C9H14O3/c1-2-3-4-9(5-6-9)7(10)8(11)12/h3-4,7,10H,2,5-6H2,1H3,(H,11,12)/b4-3+. The molecule has 0 spiro atoms. The van der Waals surface area contributed by atoms with E-state index in [1.165, 1.54) is 0 Å². The van der Waals surface area contributed by atoms with Crippen molar-refractivity contribution in [3.05, 3.63) is 12.2 Å². The Labute approximate surface area is 71.7 Å². The molecular formula is C9H14O3. The molecule has 0 amide bonds. The number of allylic oxidation sites excluding steroid dienone is 1. The van der Waals surface area contributed by atoms with E-state index in [1.54, 1.807) is 0 Å². The molecule has 1 aliphatic rings. The lowest BCUT2D eigenvalue weighted by atomic mass is 9.98. The van der Waals surface area contributed by atoms with Gasteiger partial charge in [-0.2, -0.15) is 0 Å². The van der Waals surface area contributed by atoms with Crippen LogP contribution in [0.2, 0.25) is 0 Å². The number of aliphatic carboxylic acids is 1. The van der Waals surface area contributed by atoms with Crippen molar-refractivity contribution in [2.24, 2.45) is 5.41 Å². The quantitative estimate of drug-likeness (QED) is 0.623. The predicted octanol–water partition coefficient (Wildman–Crippen LogP) is 1.18. The van der Waals surface area contributed by atoms with Crippen LogP contribution in [0.4, 0.5) is 0 Å². The van der Waals surface area contributed by atoms with Crippen molar-refractivity contribution in [2.75, 3.05) is 0 Å². The molecule has 0 radical (unpaired) electrons. The largest absolute Gasteiger partial charge is 0.479 e. The fourth-order valence-corrected chi connectivity index (χ4v) is 1.27. The molecule has 0 saturated heterocycles. The Morgan fingerprint density at radius 3 is 2.58 bits per heavy atom. The Morgan fingerprint density at radius 2 is 2.25 bits per heavy atom. The van der Waals surface area contributed by atoms with Gasteiger partial charge in [0.1, 0.15) is 0 Å². The maximum absolute atomic E-state index is 10.5. The number of hydrogen-bond donors (Lipinski definition) is 2. The van der Waals surface area contributed by atoms with E-state index >= 15 is 0 Å². The van der Waals surface area contributed by atoms with E-state index in [9.17, 15) is 9.90 Å². The van der Waals surface area contributed by atoms with Gasteiger partial charge in [-0.3, -0.25) is 0 Å². The van der Waals surface area contributed by atoms with Crippen LogP contribution in [-0.4, -0.2) is 22.3 Å². The zero-order valence-electron chi connectivity index (χ0n) is 7.16. The van der Waals surface area contributed by atoms with Crippen molar-refractivity contribution in [1.82, 2.24) is 0 Å². The van der Waals surface area contributed by atoms with E-state index in [1.807, 2.05) is 19.1 Å². The molecule has 1 fully saturated rings. The second-order valence-electron chi connectivity index (χ2n) is 3.28. The summed E-state index contributed by atoms with van der Waals surface area (Å²) in [5, 5.41) is 17.9. The van der Waals surface area contributed by atoms with E-state index in [4.69, 9.17) is 5.11 Å². The highest BCUT2D eigenvalue weighted by atomic mass is 16.4. The first kappa shape index (κ1) is 9.26. The minimum absolute atomic E-state index is 0.443. The second-order valence-corrected chi connectivity index (χ2v) is 3.28. The molecule has 0 bridgehead atoms. The highest BCUT2D eigenvalue weighted by molar-refractivity contribution is 5.74. The highest BCUT2D eigenvalue weighted by Crippen LogP contribution is 2.50. The van der Waals surface area contributed by atoms with E-state index in [2.05, 4.69) is 0 Å². The summed E-state index contributed by atoms with van der Waals surface area (Å²) < 4.78 is 0. The zero-order valence-corrected chi connectivity index (χ0v) is 7.16. The molecule has 1 rings (SSSR count). The summed E-state index contributed by atoms with van der Waals surface area (Å²) in [5.74, 6) is -1.12. The molecule has 2 N–H and O–H groups in total. The van der Waals surface area contributed by atoms with Gasteiger partial charge in [-0.1, -0.05) is 19.1 Å². The third-order valence-electron chi connectivity index (χ3n) is 2.29. The second kappa shape index (κ2) is 3.27. The number of aliphatic hydroxyl groups is 1. The lowest BCUT2D eigenvalue weighted by molar-refractivity contribution is -0.149. The van der Waals surface area contributed by atoms with Gasteiger partial charge >= 0.3 is 5.97 Å². The number of carboxylic acid groups (broad SMARTS) is 1. The number of rotatable bonds is 4. The summed E-state index contributed by atoms with van der Waals surface area (Å²) in [4.78, 5) is 10.5. The molecule has 0 heterocycles. The lowest BCUT2D eigenvalue weighted by Gasteiger charge is -2.13. The van der Waals surface area contributed by atoms with E-state index in [0.717, 1.165) is 19.3 Å². The Kier molecular flexibility index (Phi) is 2.52. The molecular weight excluding hydrogens is 156 g/mol. The Hall–Kier alpha value is -0.830. The van der Waals surface area contributed by atoms with Gasteiger partial charge in [0, 0.05) is 5.41 Å². The Morgan fingerprint density at radius 1 is 1.67 bits per heavy atom. The summed E-state index contributed by atoms with van der Waals surface area (Å²) >= 11 is 0. The first-order valence-corrected chi connectivity index (χ1v) is 4.21. The van der Waals surface area contributed by atoms with Crippen LogP contribution in [0.15, 0.2) is 12.2 Å². The van der Waals surface area contributed by atoms with Gasteiger partial charge in [-0.05, 0) is 19.3 Å². The van der Waals surface area contributed by atoms with Gasteiger partial charge in [0.15, 0.2) is 6.10 Å². The van der Waals surface area contributed by atoms with Crippen molar-refractivity contribution in [1.29, 1.82) is 0 Å². The van der Waals surface area contributed by atoms with Crippen molar-refractivity contribution in [2.45, 2.75) is 32.3 Å². The van der Waals surface area contributed by atoms with Gasteiger partial charge in [-0.15, -0.1) is 0 Å². The van der Waals surface area contributed by atoms with Crippen LogP contribution in [0.25, 0.3) is 0 Å².